The highest BCUT2D eigenvalue weighted by Gasteiger charge is 2.25. The average molecular weight is 348 g/mol. The molecule has 25 heavy (non-hydrogen) atoms. The molecule has 2 amide bonds. The molecular weight excluding hydrogens is 314 g/mol. The van der Waals surface area contributed by atoms with Crippen molar-refractivity contribution in [2.75, 3.05) is 26.7 Å². The Morgan fingerprint density at radius 2 is 1.92 bits per heavy atom. The van der Waals surface area contributed by atoms with Gasteiger partial charge in [-0.1, -0.05) is 26.0 Å². The van der Waals surface area contributed by atoms with Gasteiger partial charge in [0.25, 0.3) is 0 Å². The summed E-state index contributed by atoms with van der Waals surface area (Å²) in [4.78, 5) is 14.6. The Kier molecular flexibility index (Phi) is 7.56. The molecular formula is C20H33N3O2. The van der Waals surface area contributed by atoms with Gasteiger partial charge in [-0.2, -0.15) is 0 Å². The number of nitrogens with one attached hydrogen (secondary N) is 2. The summed E-state index contributed by atoms with van der Waals surface area (Å²) in [6, 6.07) is 8.50. The van der Waals surface area contributed by atoms with Crippen LogP contribution in [0, 0.1) is 5.92 Å². The average Bonchev–Trinajstić information content (AvgIpc) is 2.63. The first-order valence-corrected chi connectivity index (χ1v) is 9.45. The maximum Gasteiger partial charge on any atom is 0.315 e. The van der Waals surface area contributed by atoms with Crippen LogP contribution in [0.5, 0.6) is 5.75 Å². The Morgan fingerprint density at radius 1 is 1.28 bits per heavy atom. The third kappa shape index (κ3) is 5.92. The zero-order valence-electron chi connectivity index (χ0n) is 16.0. The first-order valence-electron chi connectivity index (χ1n) is 9.45. The second kappa shape index (κ2) is 9.66. The molecule has 1 aliphatic rings. The lowest BCUT2D eigenvalue weighted by atomic mass is 9.95. The van der Waals surface area contributed by atoms with Crippen molar-refractivity contribution in [3.63, 3.8) is 0 Å². The molecule has 2 rings (SSSR count). The fourth-order valence-electron chi connectivity index (χ4n) is 3.19. The standard InChI is InChI=1S/C20H33N3O2/c1-5-16(3)22-20(24)21-14-19(23-12-10-15(2)11-13-23)17-6-8-18(25-4)9-7-17/h6-9,15-16,19H,5,10-14H2,1-4H3,(H2,21,22,24). The molecule has 2 N–H and O–H groups in total. The summed E-state index contributed by atoms with van der Waals surface area (Å²) in [5.74, 6) is 1.65. The van der Waals surface area contributed by atoms with Gasteiger partial charge in [-0.3, -0.25) is 4.90 Å². The number of methoxy groups -OCH3 is 1. The molecule has 0 saturated carbocycles. The van der Waals surface area contributed by atoms with E-state index in [0.29, 0.717) is 6.54 Å². The number of piperidine rings is 1. The quantitative estimate of drug-likeness (QED) is 0.793. The van der Waals surface area contributed by atoms with Crippen LogP contribution in [0.4, 0.5) is 4.79 Å². The summed E-state index contributed by atoms with van der Waals surface area (Å²) in [7, 11) is 1.68. The van der Waals surface area contributed by atoms with E-state index in [2.05, 4.69) is 41.5 Å². The number of likely N-dealkylation sites (tertiary alicyclic amines) is 1. The predicted molar refractivity (Wildman–Crippen MR) is 102 cm³/mol. The van der Waals surface area contributed by atoms with Gasteiger partial charge in [0.2, 0.25) is 0 Å². The minimum atomic E-state index is -0.0850. The van der Waals surface area contributed by atoms with Gasteiger partial charge in [0.05, 0.1) is 13.2 Å². The first kappa shape index (κ1) is 19.6. The first-order chi connectivity index (χ1) is 12.0. The van der Waals surface area contributed by atoms with Crippen molar-refractivity contribution in [1.82, 2.24) is 15.5 Å². The van der Waals surface area contributed by atoms with E-state index in [0.717, 1.165) is 31.2 Å². The van der Waals surface area contributed by atoms with Gasteiger partial charge in [0.1, 0.15) is 5.75 Å². The SMILES string of the molecule is CCC(C)NC(=O)NCC(c1ccc(OC)cc1)N1CCC(C)CC1. The number of ether oxygens (including phenoxy) is 1. The second-order valence-electron chi connectivity index (χ2n) is 7.17. The Morgan fingerprint density at radius 3 is 2.48 bits per heavy atom. The van der Waals surface area contributed by atoms with Gasteiger partial charge in [-0.25, -0.2) is 4.79 Å². The van der Waals surface area contributed by atoms with Gasteiger partial charge in [-0.15, -0.1) is 0 Å². The molecule has 1 aromatic carbocycles. The molecule has 2 atom stereocenters. The molecule has 0 radical (unpaired) electrons. The zero-order chi connectivity index (χ0) is 18.2. The molecule has 1 saturated heterocycles. The largest absolute Gasteiger partial charge is 0.497 e. The molecule has 1 fully saturated rings. The van der Waals surface area contributed by atoms with Crippen LogP contribution in [0.3, 0.4) is 0 Å². The second-order valence-corrected chi connectivity index (χ2v) is 7.17. The van der Waals surface area contributed by atoms with Crippen molar-refractivity contribution < 1.29 is 9.53 Å². The lowest BCUT2D eigenvalue weighted by Gasteiger charge is -2.37. The highest BCUT2D eigenvalue weighted by Crippen LogP contribution is 2.27. The van der Waals surface area contributed by atoms with E-state index >= 15 is 0 Å². The third-order valence-corrected chi connectivity index (χ3v) is 5.21. The molecule has 140 valence electrons. The Hall–Kier alpha value is -1.75. The number of benzene rings is 1. The van der Waals surface area contributed by atoms with E-state index in [1.54, 1.807) is 7.11 Å². The van der Waals surface area contributed by atoms with Crippen LogP contribution >= 0.6 is 0 Å². The van der Waals surface area contributed by atoms with Crippen LogP contribution in [0.15, 0.2) is 24.3 Å². The number of carbonyl (C=O) groups is 1. The van der Waals surface area contributed by atoms with Gasteiger partial charge < -0.3 is 15.4 Å². The normalized spacial score (nSPS) is 18.4. The molecule has 2 unspecified atom stereocenters. The zero-order valence-corrected chi connectivity index (χ0v) is 16.0. The van der Waals surface area contributed by atoms with Crippen LogP contribution in [0.1, 0.15) is 51.6 Å². The van der Waals surface area contributed by atoms with Crippen molar-refractivity contribution in [1.29, 1.82) is 0 Å². The fraction of sp³-hybridized carbons (Fsp3) is 0.650. The molecule has 1 heterocycles. The summed E-state index contributed by atoms with van der Waals surface area (Å²) < 4.78 is 5.27. The summed E-state index contributed by atoms with van der Waals surface area (Å²) in [6.45, 7) is 9.17. The number of hydrogen-bond donors (Lipinski definition) is 2. The van der Waals surface area contributed by atoms with Crippen molar-refractivity contribution >= 4 is 6.03 Å². The highest BCUT2D eigenvalue weighted by atomic mass is 16.5. The molecule has 0 aliphatic carbocycles. The van der Waals surface area contributed by atoms with Gasteiger partial charge in [0, 0.05) is 12.6 Å². The molecule has 5 heteroatoms. The van der Waals surface area contributed by atoms with Crippen LogP contribution in [-0.2, 0) is 0 Å². The smallest absolute Gasteiger partial charge is 0.315 e. The maximum absolute atomic E-state index is 12.1. The predicted octanol–water partition coefficient (Wildman–Crippen LogP) is 3.57. The van der Waals surface area contributed by atoms with Gasteiger partial charge >= 0.3 is 6.03 Å². The summed E-state index contributed by atoms with van der Waals surface area (Å²) >= 11 is 0. The van der Waals surface area contributed by atoms with Crippen molar-refractivity contribution in [3.8, 4) is 5.75 Å². The molecule has 0 aromatic heterocycles. The van der Waals surface area contributed by atoms with E-state index in [4.69, 9.17) is 4.74 Å². The number of nitrogens with zero attached hydrogens (tertiary/aromatic N) is 1. The lowest BCUT2D eigenvalue weighted by molar-refractivity contribution is 0.136. The topological polar surface area (TPSA) is 53.6 Å². The number of amides is 2. The number of carbonyl (C=O) groups excluding carboxylic acids is 1. The number of rotatable bonds is 7. The Labute approximate surface area is 152 Å². The van der Waals surface area contributed by atoms with E-state index in [9.17, 15) is 4.79 Å². The van der Waals surface area contributed by atoms with Crippen molar-refractivity contribution in [2.45, 2.75) is 52.1 Å². The molecule has 5 nitrogen and oxygen atoms in total. The summed E-state index contributed by atoms with van der Waals surface area (Å²) in [5.41, 5.74) is 1.22. The van der Waals surface area contributed by atoms with Crippen LogP contribution < -0.4 is 15.4 Å². The molecule has 1 aliphatic heterocycles. The van der Waals surface area contributed by atoms with E-state index in [1.165, 1.54) is 18.4 Å². The minimum absolute atomic E-state index is 0.0850. The Balaban J connectivity index is 2.04. The minimum Gasteiger partial charge on any atom is -0.497 e. The number of urea groups is 1. The summed E-state index contributed by atoms with van der Waals surface area (Å²) in [6.07, 6.45) is 3.36. The van der Waals surface area contributed by atoms with Crippen LogP contribution in [-0.4, -0.2) is 43.7 Å². The molecule has 0 spiro atoms. The van der Waals surface area contributed by atoms with Crippen molar-refractivity contribution in [2.24, 2.45) is 5.92 Å². The lowest BCUT2D eigenvalue weighted by Crippen LogP contribution is -2.46. The summed E-state index contributed by atoms with van der Waals surface area (Å²) in [5, 5.41) is 6.04. The molecule has 1 aromatic rings. The molecule has 0 bridgehead atoms. The van der Waals surface area contributed by atoms with Crippen LogP contribution in [0.2, 0.25) is 0 Å². The van der Waals surface area contributed by atoms with Crippen LogP contribution in [0.25, 0.3) is 0 Å². The number of hydrogen-bond acceptors (Lipinski definition) is 3. The van der Waals surface area contributed by atoms with E-state index in [1.807, 2.05) is 19.1 Å². The maximum atomic E-state index is 12.1. The van der Waals surface area contributed by atoms with Crippen molar-refractivity contribution in [3.05, 3.63) is 29.8 Å². The fourth-order valence-corrected chi connectivity index (χ4v) is 3.19. The highest BCUT2D eigenvalue weighted by molar-refractivity contribution is 5.74. The van der Waals surface area contributed by atoms with Gasteiger partial charge in [-0.05, 0) is 62.9 Å². The van der Waals surface area contributed by atoms with Gasteiger partial charge in [0.15, 0.2) is 0 Å². The monoisotopic (exact) mass is 347 g/mol. The van der Waals surface area contributed by atoms with E-state index < -0.39 is 0 Å². The Bertz CT molecular complexity index is 524. The third-order valence-electron chi connectivity index (χ3n) is 5.21. The van der Waals surface area contributed by atoms with E-state index in [-0.39, 0.29) is 18.1 Å².